The molecule has 0 radical (unpaired) electrons. The Bertz CT molecular complexity index is 341. The predicted octanol–water partition coefficient (Wildman–Crippen LogP) is 2.70. The molecule has 0 aliphatic heterocycles. The summed E-state index contributed by atoms with van der Waals surface area (Å²) in [5, 5.41) is 8.41. The lowest BCUT2D eigenvalue weighted by atomic mass is 9.95. The maximum absolute atomic E-state index is 5.59. The highest BCUT2D eigenvalue weighted by Crippen LogP contribution is 2.28. The zero-order valence-corrected chi connectivity index (χ0v) is 11.5. The molecule has 18 heavy (non-hydrogen) atoms. The molecular formula is C14H26N4. The molecule has 1 heterocycles. The standard InChI is InChI=1S/C14H26N4/c1-12(9-10-15)7-8-14-17-16-11-18(14)13-5-3-2-4-6-13/h11-13H,2-10,15H2,1H3. The zero-order chi connectivity index (χ0) is 12.8. The van der Waals surface area contributed by atoms with Gasteiger partial charge in [0.15, 0.2) is 0 Å². The molecule has 1 atom stereocenters. The van der Waals surface area contributed by atoms with Crippen LogP contribution in [0.25, 0.3) is 0 Å². The van der Waals surface area contributed by atoms with Crippen molar-refractivity contribution in [3.8, 4) is 0 Å². The van der Waals surface area contributed by atoms with Crippen LogP contribution in [-0.4, -0.2) is 21.3 Å². The number of aromatic nitrogens is 3. The van der Waals surface area contributed by atoms with E-state index >= 15 is 0 Å². The maximum atomic E-state index is 5.59. The van der Waals surface area contributed by atoms with Crippen molar-refractivity contribution in [2.45, 2.75) is 64.3 Å². The molecule has 1 aromatic heterocycles. The lowest BCUT2D eigenvalue weighted by molar-refractivity contribution is 0.342. The highest BCUT2D eigenvalue weighted by Gasteiger charge is 2.18. The molecule has 2 N–H and O–H groups in total. The molecule has 4 nitrogen and oxygen atoms in total. The van der Waals surface area contributed by atoms with Gasteiger partial charge in [-0.05, 0) is 38.1 Å². The molecule has 102 valence electrons. The average molecular weight is 250 g/mol. The van der Waals surface area contributed by atoms with Gasteiger partial charge in [0.25, 0.3) is 0 Å². The lowest BCUT2D eigenvalue weighted by Gasteiger charge is -2.24. The second-order valence-electron chi connectivity index (χ2n) is 5.67. The van der Waals surface area contributed by atoms with Gasteiger partial charge in [-0.25, -0.2) is 0 Å². The van der Waals surface area contributed by atoms with Crippen molar-refractivity contribution in [2.75, 3.05) is 6.54 Å². The topological polar surface area (TPSA) is 56.7 Å². The van der Waals surface area contributed by atoms with Gasteiger partial charge in [-0.1, -0.05) is 26.2 Å². The Hall–Kier alpha value is -0.900. The molecule has 0 saturated heterocycles. The maximum Gasteiger partial charge on any atom is 0.133 e. The van der Waals surface area contributed by atoms with Gasteiger partial charge in [0.05, 0.1) is 0 Å². The molecule has 1 fully saturated rings. The van der Waals surface area contributed by atoms with Gasteiger partial charge in [-0.2, -0.15) is 0 Å². The summed E-state index contributed by atoms with van der Waals surface area (Å²) in [6.45, 7) is 3.06. The van der Waals surface area contributed by atoms with Crippen molar-refractivity contribution in [3.63, 3.8) is 0 Å². The van der Waals surface area contributed by atoms with Gasteiger partial charge in [-0.15, -0.1) is 10.2 Å². The first kappa shape index (κ1) is 13.5. The summed E-state index contributed by atoms with van der Waals surface area (Å²) in [5.74, 6) is 1.86. The summed E-state index contributed by atoms with van der Waals surface area (Å²) in [5.41, 5.74) is 5.59. The van der Waals surface area contributed by atoms with Crippen molar-refractivity contribution < 1.29 is 0 Å². The van der Waals surface area contributed by atoms with Crippen molar-refractivity contribution in [1.82, 2.24) is 14.8 Å². The predicted molar refractivity (Wildman–Crippen MR) is 73.3 cm³/mol. The normalized spacial score (nSPS) is 19.0. The van der Waals surface area contributed by atoms with Crippen LogP contribution in [0.2, 0.25) is 0 Å². The molecule has 0 spiro atoms. The Balaban J connectivity index is 1.90. The van der Waals surface area contributed by atoms with Crippen LogP contribution < -0.4 is 5.73 Å². The van der Waals surface area contributed by atoms with Crippen LogP contribution in [0.3, 0.4) is 0 Å². The van der Waals surface area contributed by atoms with Crippen molar-refractivity contribution >= 4 is 0 Å². The Kier molecular flexibility index (Phi) is 5.17. The van der Waals surface area contributed by atoms with E-state index in [1.54, 1.807) is 0 Å². The minimum atomic E-state index is 0.647. The number of hydrogen-bond donors (Lipinski definition) is 1. The minimum absolute atomic E-state index is 0.647. The van der Waals surface area contributed by atoms with E-state index in [2.05, 4.69) is 21.7 Å². The second kappa shape index (κ2) is 6.88. The van der Waals surface area contributed by atoms with E-state index in [9.17, 15) is 0 Å². The van der Waals surface area contributed by atoms with E-state index in [0.717, 1.165) is 19.4 Å². The smallest absolute Gasteiger partial charge is 0.133 e. The van der Waals surface area contributed by atoms with Crippen LogP contribution in [-0.2, 0) is 6.42 Å². The Morgan fingerprint density at radius 1 is 1.33 bits per heavy atom. The lowest BCUT2D eigenvalue weighted by Crippen LogP contribution is -2.15. The van der Waals surface area contributed by atoms with Gasteiger partial charge < -0.3 is 10.3 Å². The van der Waals surface area contributed by atoms with E-state index in [4.69, 9.17) is 5.73 Å². The summed E-state index contributed by atoms with van der Waals surface area (Å²) in [4.78, 5) is 0. The monoisotopic (exact) mass is 250 g/mol. The van der Waals surface area contributed by atoms with Gasteiger partial charge in [0.2, 0.25) is 0 Å². The Morgan fingerprint density at radius 2 is 2.11 bits per heavy atom. The van der Waals surface area contributed by atoms with Crippen LogP contribution in [0.15, 0.2) is 6.33 Å². The summed E-state index contributed by atoms with van der Waals surface area (Å²) in [6, 6.07) is 0.647. The highest BCUT2D eigenvalue weighted by atomic mass is 15.3. The molecule has 2 rings (SSSR count). The van der Waals surface area contributed by atoms with Crippen LogP contribution in [0.5, 0.6) is 0 Å². The Morgan fingerprint density at radius 3 is 2.83 bits per heavy atom. The van der Waals surface area contributed by atoms with Crippen LogP contribution in [0, 0.1) is 5.92 Å². The third-order valence-electron chi connectivity index (χ3n) is 4.14. The molecular weight excluding hydrogens is 224 g/mol. The van der Waals surface area contributed by atoms with E-state index in [1.165, 1.54) is 44.3 Å². The first-order chi connectivity index (χ1) is 8.81. The number of nitrogens with zero attached hydrogens (tertiary/aromatic N) is 3. The molecule has 1 aliphatic carbocycles. The van der Waals surface area contributed by atoms with Gasteiger partial charge >= 0.3 is 0 Å². The SMILES string of the molecule is CC(CCN)CCc1nncn1C1CCCCC1. The van der Waals surface area contributed by atoms with Gasteiger partial charge in [0, 0.05) is 12.5 Å². The van der Waals surface area contributed by atoms with E-state index in [0.29, 0.717) is 12.0 Å². The molecule has 1 aliphatic rings. The number of rotatable bonds is 6. The fourth-order valence-electron chi connectivity index (χ4n) is 2.91. The quantitative estimate of drug-likeness (QED) is 0.844. The number of hydrogen-bond acceptors (Lipinski definition) is 3. The summed E-state index contributed by atoms with van der Waals surface area (Å²) < 4.78 is 2.33. The third-order valence-corrected chi connectivity index (χ3v) is 4.14. The van der Waals surface area contributed by atoms with E-state index in [1.807, 2.05) is 6.33 Å². The molecule has 0 aromatic carbocycles. The van der Waals surface area contributed by atoms with Gasteiger partial charge in [-0.3, -0.25) is 0 Å². The molecule has 1 saturated carbocycles. The molecule has 0 bridgehead atoms. The fraction of sp³-hybridized carbons (Fsp3) is 0.857. The first-order valence-electron chi connectivity index (χ1n) is 7.39. The first-order valence-corrected chi connectivity index (χ1v) is 7.39. The van der Waals surface area contributed by atoms with Crippen molar-refractivity contribution in [1.29, 1.82) is 0 Å². The van der Waals surface area contributed by atoms with Gasteiger partial charge in [0.1, 0.15) is 12.2 Å². The summed E-state index contributed by atoms with van der Waals surface area (Å²) in [7, 11) is 0. The van der Waals surface area contributed by atoms with Crippen molar-refractivity contribution in [2.24, 2.45) is 11.7 Å². The molecule has 4 heteroatoms. The van der Waals surface area contributed by atoms with Crippen LogP contribution in [0.4, 0.5) is 0 Å². The zero-order valence-electron chi connectivity index (χ0n) is 11.5. The largest absolute Gasteiger partial charge is 0.330 e. The average Bonchev–Trinajstić information content (AvgIpc) is 2.86. The van der Waals surface area contributed by atoms with Crippen molar-refractivity contribution in [3.05, 3.63) is 12.2 Å². The molecule has 1 unspecified atom stereocenters. The molecule has 0 amide bonds. The summed E-state index contributed by atoms with van der Waals surface area (Å²) in [6.07, 6.45) is 11.9. The van der Waals surface area contributed by atoms with E-state index in [-0.39, 0.29) is 0 Å². The minimum Gasteiger partial charge on any atom is -0.330 e. The highest BCUT2D eigenvalue weighted by molar-refractivity contribution is 4.91. The van der Waals surface area contributed by atoms with Crippen LogP contribution in [0.1, 0.15) is 63.7 Å². The molecule has 1 aromatic rings. The van der Waals surface area contributed by atoms with Crippen LogP contribution >= 0.6 is 0 Å². The second-order valence-corrected chi connectivity index (χ2v) is 5.67. The fourth-order valence-corrected chi connectivity index (χ4v) is 2.91. The Labute approximate surface area is 110 Å². The number of nitrogens with two attached hydrogens (primary N) is 1. The third kappa shape index (κ3) is 3.55. The van der Waals surface area contributed by atoms with E-state index < -0.39 is 0 Å². The summed E-state index contributed by atoms with van der Waals surface area (Å²) >= 11 is 0. The number of aryl methyl sites for hydroxylation is 1.